The van der Waals surface area contributed by atoms with E-state index in [4.69, 9.17) is 9.15 Å². The van der Waals surface area contributed by atoms with Gasteiger partial charge in [0.1, 0.15) is 5.75 Å². The normalized spacial score (nSPS) is 12.1. The Morgan fingerprint density at radius 2 is 1.83 bits per heavy atom. The van der Waals surface area contributed by atoms with Crippen LogP contribution in [0.4, 0.5) is 0 Å². The molecule has 3 aromatic rings. The zero-order chi connectivity index (χ0) is 16.8. The van der Waals surface area contributed by atoms with Gasteiger partial charge in [0.05, 0.1) is 19.8 Å². The summed E-state index contributed by atoms with van der Waals surface area (Å²) in [4.78, 5) is 0. The van der Waals surface area contributed by atoms with Crippen molar-refractivity contribution in [3.63, 3.8) is 0 Å². The summed E-state index contributed by atoms with van der Waals surface area (Å²) in [6.45, 7) is 0.803. The summed E-state index contributed by atoms with van der Waals surface area (Å²) < 4.78 is 10.7. The van der Waals surface area contributed by atoms with Gasteiger partial charge in [-0.3, -0.25) is 0 Å². The van der Waals surface area contributed by atoms with Crippen LogP contribution in [0.1, 0.15) is 17.6 Å². The zero-order valence-electron chi connectivity index (χ0n) is 13.3. The van der Waals surface area contributed by atoms with Gasteiger partial charge in [0.15, 0.2) is 0 Å². The third-order valence-electron chi connectivity index (χ3n) is 3.60. The molecule has 0 saturated carbocycles. The molecule has 124 valence electrons. The summed E-state index contributed by atoms with van der Waals surface area (Å²) in [5.74, 6) is 1.70. The van der Waals surface area contributed by atoms with Crippen molar-refractivity contribution in [2.45, 2.75) is 12.6 Å². The van der Waals surface area contributed by atoms with Crippen LogP contribution in [0.5, 0.6) is 5.75 Å². The van der Waals surface area contributed by atoms with Gasteiger partial charge in [-0.05, 0) is 29.8 Å². The molecule has 0 fully saturated rings. The number of ether oxygens (including phenoxy) is 1. The molecule has 0 unspecified atom stereocenters. The maximum Gasteiger partial charge on any atom is 0.247 e. The van der Waals surface area contributed by atoms with Crippen molar-refractivity contribution in [2.24, 2.45) is 0 Å². The van der Waals surface area contributed by atoms with Crippen LogP contribution < -0.4 is 10.1 Å². The Kier molecular flexibility index (Phi) is 5.20. The zero-order valence-corrected chi connectivity index (χ0v) is 13.3. The highest BCUT2D eigenvalue weighted by Crippen LogP contribution is 2.21. The van der Waals surface area contributed by atoms with E-state index in [0.29, 0.717) is 24.9 Å². The molecule has 0 aliphatic heterocycles. The lowest BCUT2D eigenvalue weighted by atomic mass is 10.1. The Hall–Kier alpha value is -2.70. The van der Waals surface area contributed by atoms with Crippen molar-refractivity contribution in [3.8, 4) is 17.2 Å². The number of nitrogens with zero attached hydrogens (tertiary/aromatic N) is 2. The van der Waals surface area contributed by atoms with E-state index >= 15 is 0 Å². The van der Waals surface area contributed by atoms with Crippen LogP contribution in [0.15, 0.2) is 59.0 Å². The van der Waals surface area contributed by atoms with E-state index in [-0.39, 0.29) is 0 Å². The molecule has 3 rings (SSSR count). The van der Waals surface area contributed by atoms with E-state index in [9.17, 15) is 5.11 Å². The van der Waals surface area contributed by atoms with Crippen LogP contribution in [-0.2, 0) is 6.54 Å². The molecule has 0 spiro atoms. The molecule has 1 aromatic heterocycles. The van der Waals surface area contributed by atoms with E-state index < -0.39 is 6.10 Å². The molecule has 0 bridgehead atoms. The smallest absolute Gasteiger partial charge is 0.247 e. The molecule has 6 heteroatoms. The number of rotatable bonds is 7. The first-order valence-electron chi connectivity index (χ1n) is 7.67. The molecule has 0 amide bonds. The predicted octanol–water partition coefficient (Wildman–Crippen LogP) is 2.57. The molecule has 6 nitrogen and oxygen atoms in total. The van der Waals surface area contributed by atoms with Crippen molar-refractivity contribution < 1.29 is 14.3 Å². The topological polar surface area (TPSA) is 80.4 Å². The van der Waals surface area contributed by atoms with Gasteiger partial charge in [0.2, 0.25) is 11.8 Å². The fourth-order valence-electron chi connectivity index (χ4n) is 2.28. The number of aromatic nitrogens is 2. The Morgan fingerprint density at radius 1 is 1.08 bits per heavy atom. The maximum absolute atomic E-state index is 10.1. The largest absolute Gasteiger partial charge is 0.497 e. The minimum absolute atomic E-state index is 0.396. The van der Waals surface area contributed by atoms with Crippen LogP contribution >= 0.6 is 0 Å². The van der Waals surface area contributed by atoms with Crippen molar-refractivity contribution >= 4 is 0 Å². The second-order valence-corrected chi connectivity index (χ2v) is 5.29. The van der Waals surface area contributed by atoms with Gasteiger partial charge in [0, 0.05) is 12.1 Å². The maximum atomic E-state index is 10.1. The summed E-state index contributed by atoms with van der Waals surface area (Å²) in [6, 6.07) is 16.9. The highest BCUT2D eigenvalue weighted by Gasteiger charge is 2.10. The third-order valence-corrected chi connectivity index (χ3v) is 3.60. The van der Waals surface area contributed by atoms with E-state index in [1.54, 1.807) is 7.11 Å². The summed E-state index contributed by atoms with van der Waals surface area (Å²) in [5, 5.41) is 21.3. The van der Waals surface area contributed by atoms with Gasteiger partial charge in [-0.1, -0.05) is 30.3 Å². The lowest BCUT2D eigenvalue weighted by Gasteiger charge is -2.10. The molecular formula is C18H19N3O3. The van der Waals surface area contributed by atoms with Gasteiger partial charge in [-0.15, -0.1) is 10.2 Å². The SMILES string of the molecule is COc1ccc(-c2nnc(CNC[C@@H](O)c3ccccc3)o2)cc1. The quantitative estimate of drug-likeness (QED) is 0.695. The number of hydrogen-bond acceptors (Lipinski definition) is 6. The Bertz CT molecular complexity index is 757. The second kappa shape index (κ2) is 7.72. The molecule has 0 aliphatic carbocycles. The number of methoxy groups -OCH3 is 1. The van der Waals surface area contributed by atoms with Crippen molar-refractivity contribution in [2.75, 3.05) is 13.7 Å². The van der Waals surface area contributed by atoms with Gasteiger partial charge < -0.3 is 19.6 Å². The van der Waals surface area contributed by atoms with Crippen molar-refractivity contribution in [3.05, 3.63) is 66.1 Å². The van der Waals surface area contributed by atoms with Gasteiger partial charge in [0.25, 0.3) is 0 Å². The molecule has 1 heterocycles. The molecule has 0 saturated heterocycles. The van der Waals surface area contributed by atoms with Crippen LogP contribution in [0.2, 0.25) is 0 Å². The highest BCUT2D eigenvalue weighted by molar-refractivity contribution is 5.53. The Balaban J connectivity index is 1.54. The fourth-order valence-corrected chi connectivity index (χ4v) is 2.28. The van der Waals surface area contributed by atoms with Crippen LogP contribution in [0, 0.1) is 0 Å². The second-order valence-electron chi connectivity index (χ2n) is 5.29. The molecule has 1 atom stereocenters. The molecule has 0 radical (unpaired) electrons. The summed E-state index contributed by atoms with van der Waals surface area (Å²) in [7, 11) is 1.62. The third kappa shape index (κ3) is 3.98. The average molecular weight is 325 g/mol. The molecule has 0 aliphatic rings. The highest BCUT2D eigenvalue weighted by atomic mass is 16.5. The summed E-state index contributed by atoms with van der Waals surface area (Å²) >= 11 is 0. The van der Waals surface area contributed by atoms with Gasteiger partial charge in [-0.25, -0.2) is 0 Å². The van der Waals surface area contributed by atoms with Gasteiger partial charge >= 0.3 is 0 Å². The monoisotopic (exact) mass is 325 g/mol. The number of aliphatic hydroxyl groups excluding tert-OH is 1. The van der Waals surface area contributed by atoms with E-state index in [2.05, 4.69) is 15.5 Å². The number of hydrogen-bond donors (Lipinski definition) is 2. The van der Waals surface area contributed by atoms with Crippen molar-refractivity contribution in [1.82, 2.24) is 15.5 Å². The first kappa shape index (κ1) is 16.2. The number of benzene rings is 2. The van der Waals surface area contributed by atoms with Crippen molar-refractivity contribution in [1.29, 1.82) is 0 Å². The first-order valence-corrected chi connectivity index (χ1v) is 7.67. The average Bonchev–Trinajstić information content (AvgIpc) is 3.11. The van der Waals surface area contributed by atoms with Crippen LogP contribution in [-0.4, -0.2) is 29.0 Å². The minimum Gasteiger partial charge on any atom is -0.497 e. The standard InChI is InChI=1S/C18H19N3O3/c1-23-15-9-7-14(8-10-15)18-21-20-17(24-18)12-19-11-16(22)13-5-3-2-4-6-13/h2-10,16,19,22H,11-12H2,1H3/t16-/m1/s1. The summed E-state index contributed by atoms with van der Waals surface area (Å²) in [6.07, 6.45) is -0.574. The molecule has 2 aromatic carbocycles. The van der Waals surface area contributed by atoms with E-state index in [1.807, 2.05) is 54.6 Å². The van der Waals surface area contributed by atoms with Crippen LogP contribution in [0.3, 0.4) is 0 Å². The fraction of sp³-hybridized carbons (Fsp3) is 0.222. The molecular weight excluding hydrogens is 306 g/mol. The van der Waals surface area contributed by atoms with Crippen LogP contribution in [0.25, 0.3) is 11.5 Å². The lowest BCUT2D eigenvalue weighted by Crippen LogP contribution is -2.21. The first-order chi connectivity index (χ1) is 11.8. The summed E-state index contributed by atoms with van der Waals surface area (Å²) in [5.41, 5.74) is 1.70. The van der Waals surface area contributed by atoms with E-state index in [1.165, 1.54) is 0 Å². The molecule has 2 N–H and O–H groups in total. The Morgan fingerprint density at radius 3 is 2.54 bits per heavy atom. The predicted molar refractivity (Wildman–Crippen MR) is 89.4 cm³/mol. The lowest BCUT2D eigenvalue weighted by molar-refractivity contribution is 0.173. The number of nitrogens with one attached hydrogen (secondary N) is 1. The molecule has 24 heavy (non-hydrogen) atoms. The Labute approximate surface area is 140 Å². The minimum atomic E-state index is -0.574. The van der Waals surface area contributed by atoms with Gasteiger partial charge in [-0.2, -0.15) is 0 Å². The number of aliphatic hydroxyl groups is 1. The van der Waals surface area contributed by atoms with E-state index in [0.717, 1.165) is 16.9 Å².